The largest absolute Gasteiger partial charge is 0.447 e. The first-order valence-corrected chi connectivity index (χ1v) is 7.34. The van der Waals surface area contributed by atoms with Gasteiger partial charge in [-0.25, -0.2) is 13.6 Å². The number of rotatable bonds is 7. The molecule has 19 heavy (non-hydrogen) atoms. The molecule has 1 atom stereocenters. The first kappa shape index (κ1) is 16.1. The molecule has 0 amide bonds. The molecule has 1 aromatic rings. The van der Waals surface area contributed by atoms with Crippen LogP contribution in [0.25, 0.3) is 0 Å². The molecule has 1 aromatic heterocycles. The van der Waals surface area contributed by atoms with Crippen molar-refractivity contribution in [1.82, 2.24) is 10.2 Å². The molecule has 4 N–H and O–H groups in total. The zero-order valence-corrected chi connectivity index (χ0v) is 12.2. The Labute approximate surface area is 113 Å². The van der Waals surface area contributed by atoms with Crippen molar-refractivity contribution >= 4 is 10.0 Å². The lowest BCUT2D eigenvalue weighted by Crippen LogP contribution is -2.45. The molecule has 0 radical (unpaired) electrons. The highest BCUT2D eigenvalue weighted by molar-refractivity contribution is 7.89. The van der Waals surface area contributed by atoms with E-state index in [0.717, 1.165) is 0 Å². The molecule has 7 nitrogen and oxygen atoms in total. The Balaban J connectivity index is 2.48. The van der Waals surface area contributed by atoms with Crippen molar-refractivity contribution in [2.24, 2.45) is 5.14 Å². The van der Waals surface area contributed by atoms with E-state index in [9.17, 15) is 13.5 Å². The second-order valence-electron chi connectivity index (χ2n) is 5.10. The van der Waals surface area contributed by atoms with Gasteiger partial charge in [-0.3, -0.25) is 0 Å². The molecule has 0 aliphatic heterocycles. The normalized spacial score (nSPS) is 15.7. The highest BCUT2D eigenvalue weighted by Crippen LogP contribution is 2.12. The Hall–Kier alpha value is -0.930. The van der Waals surface area contributed by atoms with Gasteiger partial charge in [0.15, 0.2) is 0 Å². The summed E-state index contributed by atoms with van der Waals surface area (Å²) in [5.41, 5.74) is -0.876. The first-order chi connectivity index (χ1) is 8.60. The van der Waals surface area contributed by atoms with Crippen LogP contribution in [0.2, 0.25) is 0 Å². The van der Waals surface area contributed by atoms with E-state index in [-0.39, 0.29) is 5.09 Å². The fourth-order valence-electron chi connectivity index (χ4n) is 1.80. The van der Waals surface area contributed by atoms with Gasteiger partial charge >= 0.3 is 0 Å². The number of hydrogen-bond acceptors (Lipinski definition) is 6. The Kier molecular flexibility index (Phi) is 5.11. The molecule has 0 spiro atoms. The fourth-order valence-corrected chi connectivity index (χ4v) is 2.28. The van der Waals surface area contributed by atoms with Gasteiger partial charge in [0.2, 0.25) is 5.09 Å². The van der Waals surface area contributed by atoms with E-state index < -0.39 is 15.6 Å². The summed E-state index contributed by atoms with van der Waals surface area (Å²) < 4.78 is 27.1. The quantitative estimate of drug-likeness (QED) is 0.615. The SMILES string of the molecule is CN(C)CC(C)(O)CNCc1ccc(S(N)(=O)=O)o1. The molecule has 0 saturated heterocycles. The molecule has 1 heterocycles. The zero-order valence-electron chi connectivity index (χ0n) is 11.4. The van der Waals surface area contributed by atoms with Crippen LogP contribution in [0.5, 0.6) is 0 Å². The van der Waals surface area contributed by atoms with Gasteiger partial charge in [0.1, 0.15) is 5.76 Å². The minimum atomic E-state index is -3.80. The van der Waals surface area contributed by atoms with Crippen LogP contribution in [-0.4, -0.2) is 51.2 Å². The van der Waals surface area contributed by atoms with E-state index in [2.05, 4.69) is 5.32 Å². The lowest BCUT2D eigenvalue weighted by Gasteiger charge is -2.27. The van der Waals surface area contributed by atoms with Crippen molar-refractivity contribution in [3.05, 3.63) is 17.9 Å². The Morgan fingerprint density at radius 2 is 2.11 bits per heavy atom. The fraction of sp³-hybridized carbons (Fsp3) is 0.636. The van der Waals surface area contributed by atoms with Gasteiger partial charge in [0, 0.05) is 13.1 Å². The minimum absolute atomic E-state index is 0.260. The summed E-state index contributed by atoms with van der Waals surface area (Å²) in [6, 6.07) is 2.84. The summed E-state index contributed by atoms with van der Waals surface area (Å²) in [7, 11) is -0.0530. The lowest BCUT2D eigenvalue weighted by molar-refractivity contribution is 0.0332. The molecule has 0 aliphatic carbocycles. The molecule has 0 saturated carbocycles. The molecule has 0 bridgehead atoms. The van der Waals surface area contributed by atoms with E-state index in [0.29, 0.717) is 25.4 Å². The summed E-state index contributed by atoms with van der Waals surface area (Å²) in [6.45, 7) is 2.91. The monoisotopic (exact) mass is 291 g/mol. The van der Waals surface area contributed by atoms with Crippen molar-refractivity contribution < 1.29 is 17.9 Å². The van der Waals surface area contributed by atoms with Gasteiger partial charge in [-0.15, -0.1) is 0 Å². The summed E-state index contributed by atoms with van der Waals surface area (Å²) >= 11 is 0. The Bertz CT molecular complexity index is 508. The van der Waals surface area contributed by atoms with Gasteiger partial charge in [0.05, 0.1) is 12.1 Å². The number of furan rings is 1. The average molecular weight is 291 g/mol. The number of likely N-dealkylation sites (N-methyl/N-ethyl adjacent to an activating group) is 1. The summed E-state index contributed by atoms with van der Waals surface area (Å²) in [6.07, 6.45) is 0. The van der Waals surface area contributed by atoms with Crippen LogP contribution in [-0.2, 0) is 16.6 Å². The number of primary sulfonamides is 1. The number of aliphatic hydroxyl groups is 1. The van der Waals surface area contributed by atoms with Crippen molar-refractivity contribution in [2.45, 2.75) is 24.2 Å². The van der Waals surface area contributed by atoms with E-state index in [1.165, 1.54) is 12.1 Å². The maximum absolute atomic E-state index is 11.0. The minimum Gasteiger partial charge on any atom is -0.447 e. The molecule has 1 unspecified atom stereocenters. The molecule has 110 valence electrons. The highest BCUT2D eigenvalue weighted by Gasteiger charge is 2.21. The molecule has 0 aromatic carbocycles. The third-order valence-electron chi connectivity index (χ3n) is 2.38. The van der Waals surface area contributed by atoms with Crippen LogP contribution >= 0.6 is 0 Å². The first-order valence-electron chi connectivity index (χ1n) is 5.79. The van der Waals surface area contributed by atoms with Crippen molar-refractivity contribution in [1.29, 1.82) is 0 Å². The molecule has 8 heteroatoms. The van der Waals surface area contributed by atoms with Gasteiger partial charge in [-0.2, -0.15) is 0 Å². The van der Waals surface area contributed by atoms with E-state index in [1.807, 2.05) is 19.0 Å². The van der Waals surface area contributed by atoms with Crippen LogP contribution in [0.1, 0.15) is 12.7 Å². The third-order valence-corrected chi connectivity index (χ3v) is 3.16. The van der Waals surface area contributed by atoms with E-state index in [4.69, 9.17) is 9.56 Å². The summed E-state index contributed by atoms with van der Waals surface area (Å²) in [5, 5.41) is 17.7. The van der Waals surface area contributed by atoms with Crippen LogP contribution in [0.3, 0.4) is 0 Å². The maximum atomic E-state index is 11.0. The molecular formula is C11H21N3O4S. The zero-order chi connectivity index (χ0) is 14.7. The maximum Gasteiger partial charge on any atom is 0.271 e. The van der Waals surface area contributed by atoms with Gasteiger partial charge in [-0.1, -0.05) is 0 Å². The topological polar surface area (TPSA) is 109 Å². The smallest absolute Gasteiger partial charge is 0.271 e. The third kappa shape index (κ3) is 5.70. The second kappa shape index (κ2) is 6.02. The van der Waals surface area contributed by atoms with Gasteiger partial charge < -0.3 is 19.7 Å². The predicted octanol–water partition coefficient (Wildman–Crippen LogP) is -0.671. The Morgan fingerprint density at radius 3 is 2.58 bits per heavy atom. The van der Waals surface area contributed by atoms with Crippen LogP contribution in [0.4, 0.5) is 0 Å². The van der Waals surface area contributed by atoms with E-state index >= 15 is 0 Å². The molecule has 0 fully saturated rings. The predicted molar refractivity (Wildman–Crippen MR) is 71.0 cm³/mol. The number of nitrogens with zero attached hydrogens (tertiary/aromatic N) is 1. The average Bonchev–Trinajstić information content (AvgIpc) is 2.62. The van der Waals surface area contributed by atoms with Crippen molar-refractivity contribution in [2.75, 3.05) is 27.2 Å². The highest BCUT2D eigenvalue weighted by atomic mass is 32.2. The summed E-state index contributed by atoms with van der Waals surface area (Å²) in [5.74, 6) is 0.449. The van der Waals surface area contributed by atoms with Crippen LogP contribution < -0.4 is 10.5 Å². The molecular weight excluding hydrogens is 270 g/mol. The van der Waals surface area contributed by atoms with Gasteiger partial charge in [-0.05, 0) is 33.2 Å². The second-order valence-corrected chi connectivity index (χ2v) is 6.60. The van der Waals surface area contributed by atoms with Crippen molar-refractivity contribution in [3.63, 3.8) is 0 Å². The summed E-state index contributed by atoms with van der Waals surface area (Å²) in [4.78, 5) is 1.88. The lowest BCUT2D eigenvalue weighted by atomic mass is 10.1. The number of nitrogens with two attached hydrogens (primary N) is 1. The number of nitrogens with one attached hydrogen (secondary N) is 1. The van der Waals surface area contributed by atoms with Crippen LogP contribution in [0, 0.1) is 0 Å². The number of hydrogen-bond donors (Lipinski definition) is 3. The van der Waals surface area contributed by atoms with E-state index in [1.54, 1.807) is 6.92 Å². The Morgan fingerprint density at radius 1 is 1.47 bits per heavy atom. The van der Waals surface area contributed by atoms with Crippen LogP contribution in [0.15, 0.2) is 21.6 Å². The molecule has 0 aliphatic rings. The van der Waals surface area contributed by atoms with Gasteiger partial charge in [0.25, 0.3) is 10.0 Å². The molecule has 1 rings (SSSR count). The van der Waals surface area contributed by atoms with Crippen molar-refractivity contribution in [3.8, 4) is 0 Å². The number of sulfonamides is 1. The standard InChI is InChI=1S/C11H21N3O4S/c1-11(15,8-14(2)3)7-13-6-9-4-5-10(18-9)19(12,16)17/h4-5,13,15H,6-8H2,1-3H3,(H2,12,16,17).